The summed E-state index contributed by atoms with van der Waals surface area (Å²) >= 11 is 0. The first-order chi connectivity index (χ1) is 10.2. The normalized spacial score (nSPS) is 23.4. The molecule has 0 spiro atoms. The fourth-order valence-electron chi connectivity index (χ4n) is 3.04. The average Bonchev–Trinajstić information content (AvgIpc) is 3.23. The fraction of sp³-hybridized carbons (Fsp3) is 0.176. The van der Waals surface area contributed by atoms with Crippen LogP contribution in [0.25, 0.3) is 0 Å². The number of benzene rings is 2. The molecule has 0 radical (unpaired) electrons. The maximum absolute atomic E-state index is 13.0. The first-order valence-electron chi connectivity index (χ1n) is 6.89. The maximum Gasteiger partial charge on any atom is 0.261 e. The lowest BCUT2D eigenvalue weighted by Crippen LogP contribution is -2.32. The number of rotatable bonds is 2. The minimum Gasteiger partial charge on any atom is -0.271 e. The Hall–Kier alpha value is -2.49. The van der Waals surface area contributed by atoms with Gasteiger partial charge in [-0.3, -0.25) is 14.5 Å². The third kappa shape index (κ3) is 1.79. The van der Waals surface area contributed by atoms with E-state index in [-0.39, 0.29) is 29.6 Å². The summed E-state index contributed by atoms with van der Waals surface area (Å²) < 4.78 is 13.0. The van der Waals surface area contributed by atoms with Crippen LogP contribution in [0.3, 0.4) is 0 Å². The molecule has 1 saturated carbocycles. The Kier molecular flexibility index (Phi) is 2.48. The van der Waals surface area contributed by atoms with Crippen molar-refractivity contribution in [2.45, 2.75) is 18.4 Å². The van der Waals surface area contributed by atoms with Crippen molar-refractivity contribution in [1.29, 1.82) is 0 Å². The summed E-state index contributed by atoms with van der Waals surface area (Å²) in [5, 5.41) is 0. The van der Waals surface area contributed by atoms with Crippen LogP contribution in [0.4, 0.5) is 4.39 Å². The van der Waals surface area contributed by atoms with Crippen LogP contribution < -0.4 is 0 Å². The Morgan fingerprint density at radius 1 is 0.905 bits per heavy atom. The summed E-state index contributed by atoms with van der Waals surface area (Å²) in [4.78, 5) is 26.1. The van der Waals surface area contributed by atoms with E-state index in [9.17, 15) is 14.0 Å². The topological polar surface area (TPSA) is 37.4 Å². The van der Waals surface area contributed by atoms with Crippen molar-refractivity contribution in [2.24, 2.45) is 0 Å². The molecule has 1 fully saturated rings. The van der Waals surface area contributed by atoms with Crippen molar-refractivity contribution < 1.29 is 14.0 Å². The highest BCUT2D eigenvalue weighted by molar-refractivity contribution is 6.21. The van der Waals surface area contributed by atoms with Gasteiger partial charge in [-0.1, -0.05) is 24.3 Å². The quantitative estimate of drug-likeness (QED) is 0.794. The zero-order valence-electron chi connectivity index (χ0n) is 11.1. The summed E-state index contributed by atoms with van der Waals surface area (Å²) in [6.07, 6.45) is 0.747. The van der Waals surface area contributed by atoms with Crippen molar-refractivity contribution in [3.63, 3.8) is 0 Å². The van der Waals surface area contributed by atoms with Gasteiger partial charge in [-0.25, -0.2) is 4.39 Å². The molecule has 4 heteroatoms. The van der Waals surface area contributed by atoms with Gasteiger partial charge in [0, 0.05) is 12.0 Å². The van der Waals surface area contributed by atoms with Crippen molar-refractivity contribution in [1.82, 2.24) is 4.90 Å². The smallest absolute Gasteiger partial charge is 0.261 e. The van der Waals surface area contributed by atoms with Crippen LogP contribution >= 0.6 is 0 Å². The van der Waals surface area contributed by atoms with Crippen LogP contribution in [-0.4, -0.2) is 22.8 Å². The standard InChI is InChI=1S/C17H12FNO2/c18-11-7-5-10(6-8-11)14-9-15(14)19-16(20)12-3-1-2-4-13(12)17(19)21/h1-8,14-15H,9H2/t14-,15+/m0/s1. The number of carbonyl (C=O) groups is 2. The zero-order valence-corrected chi connectivity index (χ0v) is 11.1. The minimum atomic E-state index is -0.281. The van der Waals surface area contributed by atoms with Crippen molar-refractivity contribution in [3.05, 3.63) is 71.0 Å². The Morgan fingerprint density at radius 3 is 2.05 bits per heavy atom. The molecule has 0 saturated heterocycles. The lowest BCUT2D eigenvalue weighted by atomic mass is 10.1. The van der Waals surface area contributed by atoms with E-state index in [1.807, 2.05) is 0 Å². The molecule has 2 aliphatic rings. The second-order valence-electron chi connectivity index (χ2n) is 5.49. The van der Waals surface area contributed by atoms with Crippen LogP contribution in [0.1, 0.15) is 38.6 Å². The van der Waals surface area contributed by atoms with E-state index in [0.29, 0.717) is 11.1 Å². The number of nitrogens with zero attached hydrogens (tertiary/aromatic N) is 1. The SMILES string of the molecule is O=C1c2ccccc2C(=O)N1[C@@H]1C[C@H]1c1ccc(F)cc1. The van der Waals surface area contributed by atoms with E-state index < -0.39 is 0 Å². The summed E-state index contributed by atoms with van der Waals surface area (Å²) in [6.45, 7) is 0. The van der Waals surface area contributed by atoms with E-state index in [4.69, 9.17) is 0 Å². The molecule has 0 unspecified atom stereocenters. The predicted octanol–water partition coefficient (Wildman–Crippen LogP) is 2.98. The predicted molar refractivity (Wildman–Crippen MR) is 74.5 cm³/mol. The molecule has 0 N–H and O–H groups in total. The highest BCUT2D eigenvalue weighted by Crippen LogP contribution is 2.47. The number of fused-ring (bicyclic) bond motifs is 1. The fourth-order valence-corrected chi connectivity index (χ4v) is 3.04. The summed E-state index contributed by atoms with van der Waals surface area (Å²) in [5.74, 6) is -0.597. The first kappa shape index (κ1) is 12.3. The van der Waals surface area contributed by atoms with Gasteiger partial charge >= 0.3 is 0 Å². The average molecular weight is 281 g/mol. The molecule has 3 nitrogen and oxygen atoms in total. The number of imide groups is 1. The molecule has 0 bridgehead atoms. The molecule has 2 aromatic rings. The molecule has 2 aromatic carbocycles. The van der Waals surface area contributed by atoms with E-state index in [2.05, 4.69) is 0 Å². The van der Waals surface area contributed by atoms with Gasteiger partial charge in [-0.2, -0.15) is 0 Å². The Balaban J connectivity index is 1.61. The number of amides is 2. The molecule has 1 aliphatic heterocycles. The van der Waals surface area contributed by atoms with Gasteiger partial charge in [-0.15, -0.1) is 0 Å². The monoisotopic (exact) mass is 281 g/mol. The first-order valence-corrected chi connectivity index (χ1v) is 6.89. The van der Waals surface area contributed by atoms with Crippen LogP contribution in [0.15, 0.2) is 48.5 Å². The van der Waals surface area contributed by atoms with Gasteiger partial charge in [0.1, 0.15) is 5.82 Å². The number of carbonyl (C=O) groups excluding carboxylic acids is 2. The molecule has 4 rings (SSSR count). The van der Waals surface area contributed by atoms with Gasteiger partial charge < -0.3 is 0 Å². The second kappa shape index (κ2) is 4.25. The van der Waals surface area contributed by atoms with E-state index in [1.54, 1.807) is 36.4 Å². The highest BCUT2D eigenvalue weighted by atomic mass is 19.1. The number of halogens is 1. The van der Waals surface area contributed by atoms with Gasteiger partial charge in [-0.05, 0) is 36.2 Å². The number of hydrogen-bond donors (Lipinski definition) is 0. The van der Waals surface area contributed by atoms with E-state index in [0.717, 1.165) is 12.0 Å². The number of hydrogen-bond acceptors (Lipinski definition) is 2. The van der Waals surface area contributed by atoms with E-state index in [1.165, 1.54) is 17.0 Å². The summed E-state index contributed by atoms with van der Waals surface area (Å²) in [5.41, 5.74) is 1.93. The Morgan fingerprint density at radius 2 is 1.48 bits per heavy atom. The second-order valence-corrected chi connectivity index (χ2v) is 5.49. The molecule has 1 heterocycles. The Labute approximate surface area is 121 Å². The van der Waals surface area contributed by atoms with E-state index >= 15 is 0 Å². The summed E-state index contributed by atoms with van der Waals surface area (Å²) in [6, 6.07) is 13.0. The lowest BCUT2D eigenvalue weighted by Gasteiger charge is -2.13. The van der Waals surface area contributed by atoms with Crippen LogP contribution in [-0.2, 0) is 0 Å². The largest absolute Gasteiger partial charge is 0.271 e. The van der Waals surface area contributed by atoms with Crippen LogP contribution in [0.2, 0.25) is 0 Å². The van der Waals surface area contributed by atoms with Crippen LogP contribution in [0, 0.1) is 5.82 Å². The minimum absolute atomic E-state index is 0.108. The lowest BCUT2D eigenvalue weighted by molar-refractivity contribution is 0.0639. The maximum atomic E-state index is 13.0. The highest BCUT2D eigenvalue weighted by Gasteiger charge is 2.51. The van der Waals surface area contributed by atoms with Gasteiger partial charge in [0.15, 0.2) is 0 Å². The third-order valence-corrected chi connectivity index (χ3v) is 4.21. The zero-order chi connectivity index (χ0) is 14.6. The third-order valence-electron chi connectivity index (χ3n) is 4.21. The molecule has 21 heavy (non-hydrogen) atoms. The molecular formula is C17H12FNO2. The van der Waals surface area contributed by atoms with Gasteiger partial charge in [0.05, 0.1) is 11.1 Å². The van der Waals surface area contributed by atoms with Gasteiger partial charge in [0.2, 0.25) is 0 Å². The van der Waals surface area contributed by atoms with Crippen molar-refractivity contribution in [3.8, 4) is 0 Å². The molecular weight excluding hydrogens is 269 g/mol. The molecule has 104 valence electrons. The van der Waals surface area contributed by atoms with Crippen LogP contribution in [0.5, 0.6) is 0 Å². The van der Waals surface area contributed by atoms with Gasteiger partial charge in [0.25, 0.3) is 11.8 Å². The molecule has 0 aromatic heterocycles. The molecule has 1 aliphatic carbocycles. The summed E-state index contributed by atoms with van der Waals surface area (Å²) in [7, 11) is 0. The molecule has 2 amide bonds. The van der Waals surface area contributed by atoms with Crippen molar-refractivity contribution >= 4 is 11.8 Å². The Bertz CT molecular complexity index is 719. The van der Waals surface area contributed by atoms with Crippen molar-refractivity contribution in [2.75, 3.05) is 0 Å². The molecule has 2 atom stereocenters.